The third-order valence-electron chi connectivity index (χ3n) is 4.06. The number of phenols is 1. The molecule has 25 heavy (non-hydrogen) atoms. The maximum absolute atomic E-state index is 9.91. The van der Waals surface area contributed by atoms with Gasteiger partial charge in [-0.2, -0.15) is 0 Å². The maximum atomic E-state index is 9.91. The minimum atomic E-state index is 0.200. The number of nitrogens with zero attached hydrogens (tertiary/aromatic N) is 3. The number of aromatic nitrogens is 3. The molecule has 0 unspecified atom stereocenters. The summed E-state index contributed by atoms with van der Waals surface area (Å²) in [5.41, 5.74) is 3.68. The number of phenolic OH excluding ortho intramolecular Hbond substituents is 1. The van der Waals surface area contributed by atoms with Crippen LogP contribution in [0.25, 0.3) is 11.3 Å². The third-order valence-corrected chi connectivity index (χ3v) is 4.06. The Morgan fingerprint density at radius 3 is 2.56 bits per heavy atom. The van der Waals surface area contributed by atoms with Gasteiger partial charge in [0.15, 0.2) is 0 Å². The second-order valence-electron chi connectivity index (χ2n) is 5.92. The standard InChI is InChI=1S/C20H17N3O2/c24-20-4-2-1-3-18(20)19-12-17(25-22-19)11-15-5-7-16(8-6-15)13-23-10-9-21-14-23/h1-10,12,14,24H,11,13H2. The Hall–Kier alpha value is -3.34. The van der Waals surface area contributed by atoms with Gasteiger partial charge in [-0.1, -0.05) is 41.6 Å². The Labute approximate surface area is 145 Å². The summed E-state index contributed by atoms with van der Waals surface area (Å²) in [7, 11) is 0. The lowest BCUT2D eigenvalue weighted by Gasteiger charge is -2.04. The number of benzene rings is 2. The van der Waals surface area contributed by atoms with Gasteiger partial charge in [0.25, 0.3) is 0 Å². The summed E-state index contributed by atoms with van der Waals surface area (Å²) in [6.07, 6.45) is 6.19. The first-order valence-corrected chi connectivity index (χ1v) is 8.05. The Balaban J connectivity index is 1.47. The van der Waals surface area contributed by atoms with E-state index in [4.69, 9.17) is 4.52 Å². The molecule has 124 valence electrons. The summed E-state index contributed by atoms with van der Waals surface area (Å²) >= 11 is 0. The van der Waals surface area contributed by atoms with Gasteiger partial charge in [-0.15, -0.1) is 0 Å². The molecule has 0 atom stereocenters. The summed E-state index contributed by atoms with van der Waals surface area (Å²) < 4.78 is 7.45. The lowest BCUT2D eigenvalue weighted by atomic mass is 10.1. The van der Waals surface area contributed by atoms with Crippen LogP contribution < -0.4 is 0 Å². The first-order valence-electron chi connectivity index (χ1n) is 8.05. The fourth-order valence-corrected chi connectivity index (χ4v) is 2.77. The molecular formula is C20H17N3O2. The van der Waals surface area contributed by atoms with E-state index in [1.165, 1.54) is 5.56 Å². The van der Waals surface area contributed by atoms with Crippen molar-refractivity contribution in [2.75, 3.05) is 0 Å². The lowest BCUT2D eigenvalue weighted by Crippen LogP contribution is -1.96. The quantitative estimate of drug-likeness (QED) is 0.603. The Kier molecular flexibility index (Phi) is 4.04. The molecular weight excluding hydrogens is 314 g/mol. The second-order valence-corrected chi connectivity index (χ2v) is 5.92. The van der Waals surface area contributed by atoms with E-state index in [2.05, 4.69) is 34.4 Å². The van der Waals surface area contributed by atoms with Crippen LogP contribution in [0, 0.1) is 0 Å². The molecule has 4 rings (SSSR count). The number of imidazole rings is 1. The maximum Gasteiger partial charge on any atom is 0.141 e. The fourth-order valence-electron chi connectivity index (χ4n) is 2.77. The van der Waals surface area contributed by atoms with E-state index in [0.29, 0.717) is 17.7 Å². The number of aromatic hydroxyl groups is 1. The molecule has 2 aromatic heterocycles. The Bertz CT molecular complexity index is 957. The normalized spacial score (nSPS) is 10.9. The summed E-state index contributed by atoms with van der Waals surface area (Å²) in [6.45, 7) is 0.806. The highest BCUT2D eigenvalue weighted by Crippen LogP contribution is 2.28. The second kappa shape index (κ2) is 6.65. The zero-order valence-electron chi connectivity index (χ0n) is 13.5. The number of hydrogen-bond donors (Lipinski definition) is 1. The van der Waals surface area contributed by atoms with Crippen LogP contribution in [0.15, 0.2) is 77.8 Å². The van der Waals surface area contributed by atoms with Crippen molar-refractivity contribution in [2.45, 2.75) is 13.0 Å². The molecule has 0 fully saturated rings. The lowest BCUT2D eigenvalue weighted by molar-refractivity contribution is 0.391. The van der Waals surface area contributed by atoms with E-state index < -0.39 is 0 Å². The van der Waals surface area contributed by atoms with E-state index in [1.807, 2.05) is 35.3 Å². The van der Waals surface area contributed by atoms with Crippen LogP contribution >= 0.6 is 0 Å². The first kappa shape index (κ1) is 15.2. The summed E-state index contributed by atoms with van der Waals surface area (Å²) in [4.78, 5) is 4.05. The monoisotopic (exact) mass is 331 g/mol. The molecule has 2 aromatic carbocycles. The zero-order valence-corrected chi connectivity index (χ0v) is 13.5. The van der Waals surface area contributed by atoms with Crippen LogP contribution in [-0.4, -0.2) is 19.8 Å². The highest BCUT2D eigenvalue weighted by atomic mass is 16.5. The van der Waals surface area contributed by atoms with Gasteiger partial charge in [0.05, 0.1) is 6.33 Å². The van der Waals surface area contributed by atoms with Gasteiger partial charge >= 0.3 is 0 Å². The summed E-state index contributed by atoms with van der Waals surface area (Å²) in [6, 6.07) is 17.4. The summed E-state index contributed by atoms with van der Waals surface area (Å²) in [5, 5.41) is 14.0. The summed E-state index contributed by atoms with van der Waals surface area (Å²) in [5.74, 6) is 0.965. The topological polar surface area (TPSA) is 64.1 Å². The highest BCUT2D eigenvalue weighted by molar-refractivity contribution is 5.66. The molecule has 0 saturated heterocycles. The van der Waals surface area contributed by atoms with Gasteiger partial charge in [0, 0.05) is 37.0 Å². The molecule has 1 N–H and O–H groups in total. The van der Waals surface area contributed by atoms with Crippen molar-refractivity contribution < 1.29 is 9.63 Å². The van der Waals surface area contributed by atoms with Crippen LogP contribution in [0.4, 0.5) is 0 Å². The number of hydrogen-bond acceptors (Lipinski definition) is 4. The minimum Gasteiger partial charge on any atom is -0.507 e. The molecule has 5 heteroatoms. The van der Waals surface area contributed by atoms with E-state index >= 15 is 0 Å². The molecule has 0 radical (unpaired) electrons. The van der Waals surface area contributed by atoms with Crippen LogP contribution in [0.5, 0.6) is 5.75 Å². The van der Waals surface area contributed by atoms with E-state index in [-0.39, 0.29) is 5.75 Å². The van der Waals surface area contributed by atoms with Crippen molar-refractivity contribution in [3.8, 4) is 17.0 Å². The van der Waals surface area contributed by atoms with Crippen molar-refractivity contribution in [2.24, 2.45) is 0 Å². The van der Waals surface area contributed by atoms with Gasteiger partial charge < -0.3 is 14.2 Å². The molecule has 0 spiro atoms. The average Bonchev–Trinajstić information content (AvgIpc) is 3.29. The Morgan fingerprint density at radius 1 is 1.00 bits per heavy atom. The fraction of sp³-hybridized carbons (Fsp3) is 0.100. The molecule has 0 amide bonds. The van der Waals surface area contributed by atoms with Crippen LogP contribution in [-0.2, 0) is 13.0 Å². The number of rotatable bonds is 5. The SMILES string of the molecule is Oc1ccccc1-c1cc(Cc2ccc(Cn3ccnc3)cc2)on1. The predicted molar refractivity (Wildman–Crippen MR) is 94.2 cm³/mol. The molecule has 2 heterocycles. The van der Waals surface area contributed by atoms with Gasteiger partial charge in [-0.3, -0.25) is 0 Å². The molecule has 5 nitrogen and oxygen atoms in total. The third kappa shape index (κ3) is 3.45. The van der Waals surface area contributed by atoms with Gasteiger partial charge in [0.2, 0.25) is 0 Å². The van der Waals surface area contributed by atoms with Crippen molar-refractivity contribution in [1.29, 1.82) is 0 Å². The number of para-hydroxylation sites is 1. The van der Waals surface area contributed by atoms with E-state index in [1.54, 1.807) is 18.3 Å². The van der Waals surface area contributed by atoms with E-state index in [9.17, 15) is 5.11 Å². The molecule has 0 aliphatic rings. The predicted octanol–water partition coefficient (Wildman–Crippen LogP) is 3.88. The molecule has 0 aliphatic carbocycles. The van der Waals surface area contributed by atoms with Gasteiger partial charge in [-0.25, -0.2) is 4.98 Å². The van der Waals surface area contributed by atoms with Crippen molar-refractivity contribution in [3.05, 3.63) is 90.2 Å². The zero-order chi connectivity index (χ0) is 17.1. The molecule has 0 saturated carbocycles. The minimum absolute atomic E-state index is 0.200. The Morgan fingerprint density at radius 2 is 1.80 bits per heavy atom. The van der Waals surface area contributed by atoms with Gasteiger partial charge in [0.1, 0.15) is 17.2 Å². The highest BCUT2D eigenvalue weighted by Gasteiger charge is 2.10. The van der Waals surface area contributed by atoms with Crippen LogP contribution in [0.2, 0.25) is 0 Å². The smallest absolute Gasteiger partial charge is 0.141 e. The van der Waals surface area contributed by atoms with E-state index in [0.717, 1.165) is 17.9 Å². The van der Waals surface area contributed by atoms with Crippen molar-refractivity contribution in [1.82, 2.24) is 14.7 Å². The van der Waals surface area contributed by atoms with Crippen LogP contribution in [0.1, 0.15) is 16.9 Å². The first-order chi connectivity index (χ1) is 12.3. The largest absolute Gasteiger partial charge is 0.507 e. The molecule has 0 aliphatic heterocycles. The van der Waals surface area contributed by atoms with Gasteiger partial charge in [-0.05, 0) is 23.3 Å². The van der Waals surface area contributed by atoms with Crippen molar-refractivity contribution in [3.63, 3.8) is 0 Å². The average molecular weight is 331 g/mol. The van der Waals surface area contributed by atoms with Crippen LogP contribution in [0.3, 0.4) is 0 Å². The van der Waals surface area contributed by atoms with Crippen molar-refractivity contribution >= 4 is 0 Å². The molecule has 4 aromatic rings. The molecule has 0 bridgehead atoms.